The van der Waals surface area contributed by atoms with Crippen LogP contribution in [0.2, 0.25) is 0 Å². The summed E-state index contributed by atoms with van der Waals surface area (Å²) in [6.45, 7) is 5.65. The average molecular weight is 291 g/mol. The zero-order chi connectivity index (χ0) is 15.6. The molecule has 1 N–H and O–H groups in total. The number of amides is 2. The van der Waals surface area contributed by atoms with Crippen LogP contribution in [0.25, 0.3) is 0 Å². The molecule has 1 atom stereocenters. The first kappa shape index (κ1) is 15.3. The van der Waals surface area contributed by atoms with Crippen molar-refractivity contribution >= 4 is 11.8 Å². The van der Waals surface area contributed by atoms with E-state index in [0.29, 0.717) is 18.0 Å². The van der Waals surface area contributed by atoms with E-state index < -0.39 is 11.6 Å². The fourth-order valence-electron chi connectivity index (χ4n) is 2.36. The Bertz CT molecular complexity index is 557. The normalized spacial score (nSPS) is 21.1. The fraction of sp³-hybridized carbons (Fsp3) is 0.533. The average Bonchev–Trinajstić information content (AvgIpc) is 2.48. The molecule has 2 heterocycles. The van der Waals surface area contributed by atoms with Crippen LogP contribution in [0.3, 0.4) is 0 Å². The van der Waals surface area contributed by atoms with Gasteiger partial charge in [-0.3, -0.25) is 9.59 Å². The largest absolute Gasteiger partial charge is 0.481 e. The molecule has 1 aliphatic heterocycles. The molecule has 6 nitrogen and oxygen atoms in total. The molecule has 114 valence electrons. The van der Waals surface area contributed by atoms with Crippen molar-refractivity contribution in [1.82, 2.24) is 15.2 Å². The van der Waals surface area contributed by atoms with Crippen LogP contribution in [-0.4, -0.2) is 40.4 Å². The van der Waals surface area contributed by atoms with Gasteiger partial charge in [0.2, 0.25) is 17.7 Å². The lowest BCUT2D eigenvalue weighted by atomic mass is 9.94. The maximum Gasteiger partial charge on any atom is 0.246 e. The van der Waals surface area contributed by atoms with Crippen molar-refractivity contribution in [2.24, 2.45) is 0 Å². The van der Waals surface area contributed by atoms with E-state index in [1.165, 1.54) is 0 Å². The lowest BCUT2D eigenvalue weighted by molar-refractivity contribution is -0.156. The SMILES string of the molecule is CCC1NC(=O)C(C)(C)N(Cc2cccc(OC)n2)C1=O. The van der Waals surface area contributed by atoms with E-state index in [4.69, 9.17) is 4.74 Å². The molecular formula is C15H21N3O3. The Morgan fingerprint density at radius 3 is 2.71 bits per heavy atom. The Hall–Kier alpha value is -2.11. The molecule has 0 radical (unpaired) electrons. The summed E-state index contributed by atoms with van der Waals surface area (Å²) in [6, 6.07) is 4.92. The van der Waals surface area contributed by atoms with Crippen LogP contribution in [0.5, 0.6) is 5.88 Å². The molecule has 0 saturated carbocycles. The summed E-state index contributed by atoms with van der Waals surface area (Å²) in [4.78, 5) is 30.6. The van der Waals surface area contributed by atoms with Gasteiger partial charge in [0.25, 0.3) is 0 Å². The molecule has 1 unspecified atom stereocenters. The van der Waals surface area contributed by atoms with Crippen LogP contribution < -0.4 is 10.1 Å². The molecular weight excluding hydrogens is 270 g/mol. The number of hydrogen-bond donors (Lipinski definition) is 1. The Labute approximate surface area is 124 Å². The van der Waals surface area contributed by atoms with Gasteiger partial charge in [-0.25, -0.2) is 4.98 Å². The molecule has 21 heavy (non-hydrogen) atoms. The van der Waals surface area contributed by atoms with Crippen molar-refractivity contribution in [2.75, 3.05) is 7.11 Å². The van der Waals surface area contributed by atoms with Crippen LogP contribution in [-0.2, 0) is 16.1 Å². The second-order valence-electron chi connectivity index (χ2n) is 5.59. The number of carbonyl (C=O) groups is 2. The predicted molar refractivity (Wildman–Crippen MR) is 77.6 cm³/mol. The summed E-state index contributed by atoms with van der Waals surface area (Å²) in [7, 11) is 1.54. The zero-order valence-corrected chi connectivity index (χ0v) is 12.8. The van der Waals surface area contributed by atoms with E-state index in [9.17, 15) is 9.59 Å². The van der Waals surface area contributed by atoms with E-state index in [1.807, 2.05) is 19.1 Å². The van der Waals surface area contributed by atoms with Gasteiger partial charge in [0.05, 0.1) is 19.3 Å². The number of carbonyl (C=O) groups excluding carboxylic acids is 2. The fourth-order valence-corrected chi connectivity index (χ4v) is 2.36. The van der Waals surface area contributed by atoms with Gasteiger partial charge in [0, 0.05) is 6.07 Å². The van der Waals surface area contributed by atoms with Crippen molar-refractivity contribution < 1.29 is 14.3 Å². The van der Waals surface area contributed by atoms with Crippen LogP contribution in [0, 0.1) is 0 Å². The molecule has 1 saturated heterocycles. The minimum Gasteiger partial charge on any atom is -0.481 e. The third kappa shape index (κ3) is 2.84. The maximum absolute atomic E-state index is 12.5. The van der Waals surface area contributed by atoms with Crippen molar-refractivity contribution in [2.45, 2.75) is 45.3 Å². The Morgan fingerprint density at radius 1 is 1.38 bits per heavy atom. The molecule has 0 bridgehead atoms. The number of aromatic nitrogens is 1. The first-order chi connectivity index (χ1) is 9.90. The zero-order valence-electron chi connectivity index (χ0n) is 12.8. The van der Waals surface area contributed by atoms with Crippen molar-refractivity contribution in [3.8, 4) is 5.88 Å². The van der Waals surface area contributed by atoms with Gasteiger partial charge in [-0.2, -0.15) is 0 Å². The van der Waals surface area contributed by atoms with E-state index >= 15 is 0 Å². The van der Waals surface area contributed by atoms with Crippen LogP contribution >= 0.6 is 0 Å². The highest BCUT2D eigenvalue weighted by atomic mass is 16.5. The maximum atomic E-state index is 12.5. The van der Waals surface area contributed by atoms with Gasteiger partial charge in [-0.05, 0) is 26.3 Å². The molecule has 1 aliphatic rings. The summed E-state index contributed by atoms with van der Waals surface area (Å²) in [5, 5.41) is 2.77. The first-order valence-electron chi connectivity index (χ1n) is 7.02. The van der Waals surface area contributed by atoms with Gasteiger partial charge in [-0.1, -0.05) is 13.0 Å². The summed E-state index contributed by atoms with van der Waals surface area (Å²) < 4.78 is 5.09. The molecule has 0 aliphatic carbocycles. The predicted octanol–water partition coefficient (Wildman–Crippen LogP) is 1.11. The monoisotopic (exact) mass is 291 g/mol. The summed E-state index contributed by atoms with van der Waals surface area (Å²) in [5.41, 5.74) is -0.201. The Balaban J connectivity index is 2.29. The van der Waals surface area contributed by atoms with E-state index in [0.717, 1.165) is 0 Å². The third-order valence-corrected chi connectivity index (χ3v) is 3.82. The van der Waals surface area contributed by atoms with Crippen LogP contribution in [0.4, 0.5) is 0 Å². The summed E-state index contributed by atoms with van der Waals surface area (Å²) in [6.07, 6.45) is 0.572. The van der Waals surface area contributed by atoms with Gasteiger partial charge in [0.1, 0.15) is 11.6 Å². The molecule has 6 heteroatoms. The van der Waals surface area contributed by atoms with Gasteiger partial charge in [-0.15, -0.1) is 0 Å². The topological polar surface area (TPSA) is 71.5 Å². The van der Waals surface area contributed by atoms with Gasteiger partial charge >= 0.3 is 0 Å². The van der Waals surface area contributed by atoms with Gasteiger partial charge in [0.15, 0.2) is 0 Å². The van der Waals surface area contributed by atoms with Crippen LogP contribution in [0.15, 0.2) is 18.2 Å². The second-order valence-corrected chi connectivity index (χ2v) is 5.59. The highest BCUT2D eigenvalue weighted by Gasteiger charge is 2.45. The van der Waals surface area contributed by atoms with Crippen LogP contribution in [0.1, 0.15) is 32.9 Å². The number of ether oxygens (including phenoxy) is 1. The van der Waals surface area contributed by atoms with Crippen molar-refractivity contribution in [1.29, 1.82) is 0 Å². The standard InChI is InChI=1S/C15H21N3O3/c1-5-11-13(19)18(15(2,3)14(20)17-11)9-10-7-6-8-12(16-10)21-4/h6-8,11H,5,9H2,1-4H3,(H,17,20). The summed E-state index contributed by atoms with van der Waals surface area (Å²) in [5.74, 6) is 0.273. The van der Waals surface area contributed by atoms with Gasteiger partial charge < -0.3 is 15.0 Å². The molecule has 0 spiro atoms. The minimum atomic E-state index is -0.895. The van der Waals surface area contributed by atoms with E-state index in [1.54, 1.807) is 31.9 Å². The van der Waals surface area contributed by atoms with Crippen molar-refractivity contribution in [3.63, 3.8) is 0 Å². The third-order valence-electron chi connectivity index (χ3n) is 3.82. The second kappa shape index (κ2) is 5.71. The number of rotatable bonds is 4. The number of hydrogen-bond acceptors (Lipinski definition) is 4. The van der Waals surface area contributed by atoms with E-state index in [2.05, 4.69) is 10.3 Å². The smallest absolute Gasteiger partial charge is 0.246 e. The highest BCUT2D eigenvalue weighted by molar-refractivity contribution is 5.99. The number of piperazine rings is 1. The number of methoxy groups -OCH3 is 1. The minimum absolute atomic E-state index is 0.0771. The lowest BCUT2D eigenvalue weighted by Gasteiger charge is -2.44. The molecule has 1 fully saturated rings. The lowest BCUT2D eigenvalue weighted by Crippen LogP contribution is -2.67. The van der Waals surface area contributed by atoms with Crippen molar-refractivity contribution in [3.05, 3.63) is 23.9 Å². The molecule has 2 amide bonds. The Morgan fingerprint density at radius 2 is 2.10 bits per heavy atom. The van der Waals surface area contributed by atoms with E-state index in [-0.39, 0.29) is 18.4 Å². The molecule has 0 aromatic carbocycles. The highest BCUT2D eigenvalue weighted by Crippen LogP contribution is 2.24. The quantitative estimate of drug-likeness (QED) is 0.902. The number of pyridine rings is 1. The molecule has 2 rings (SSSR count). The molecule has 1 aromatic heterocycles. The Kier molecular flexibility index (Phi) is 4.16. The first-order valence-corrected chi connectivity index (χ1v) is 7.02. The summed E-state index contributed by atoms with van der Waals surface area (Å²) >= 11 is 0. The molecule has 1 aromatic rings. The number of nitrogens with one attached hydrogen (secondary N) is 1. The number of nitrogens with zero attached hydrogens (tertiary/aromatic N) is 2.